The van der Waals surface area contributed by atoms with Crippen LogP contribution in [0.25, 0.3) is 0 Å². The molecule has 0 N–H and O–H groups in total. The fourth-order valence-corrected chi connectivity index (χ4v) is 1.34. The maximum atomic E-state index is 11.5. The largest absolute Gasteiger partial charge is 0.455 e. The lowest BCUT2D eigenvalue weighted by Crippen LogP contribution is -2.33. The van der Waals surface area contributed by atoms with Crippen LogP contribution in [0.4, 0.5) is 0 Å². The first-order valence-corrected chi connectivity index (χ1v) is 5.12. The maximum absolute atomic E-state index is 11.5. The Balaban J connectivity index is 4.73. The number of esters is 1. The van der Waals surface area contributed by atoms with Crippen molar-refractivity contribution in [3.63, 3.8) is 0 Å². The molecule has 0 aliphatic carbocycles. The minimum Gasteiger partial charge on any atom is -0.455 e. The molecule has 0 saturated carbocycles. The van der Waals surface area contributed by atoms with E-state index in [0.29, 0.717) is 18.4 Å². The van der Waals surface area contributed by atoms with Gasteiger partial charge in [0.15, 0.2) is 0 Å². The van der Waals surface area contributed by atoms with E-state index in [0.717, 1.165) is 6.42 Å². The van der Waals surface area contributed by atoms with Gasteiger partial charge in [-0.05, 0) is 13.3 Å². The Hall–Kier alpha value is -1.31. The van der Waals surface area contributed by atoms with E-state index in [-0.39, 0.29) is 5.97 Å². The van der Waals surface area contributed by atoms with Crippen LogP contribution in [0.5, 0.6) is 0 Å². The van der Waals surface area contributed by atoms with E-state index in [2.05, 4.69) is 19.7 Å². The molecule has 0 aliphatic heterocycles. The van der Waals surface area contributed by atoms with Gasteiger partial charge in [-0.1, -0.05) is 25.7 Å². The number of ether oxygens (including phenoxy) is 1. The molecule has 0 aromatic rings. The standard InChI is InChI=1S/C13H20O2/c1-6-9-13(8-3,10-7-2)15-12(14)11(4)5/h6-7H,1-2,4,8-10H2,3,5H3. The fraction of sp³-hybridized carbons (Fsp3) is 0.462. The molecule has 0 spiro atoms. The molecular weight excluding hydrogens is 188 g/mol. The zero-order valence-corrected chi connectivity index (χ0v) is 9.71. The number of hydrogen-bond donors (Lipinski definition) is 0. The molecule has 0 radical (unpaired) electrons. The highest BCUT2D eigenvalue weighted by molar-refractivity contribution is 5.87. The molecule has 0 atom stereocenters. The average Bonchev–Trinajstić information content (AvgIpc) is 2.18. The number of carbonyl (C=O) groups is 1. The van der Waals surface area contributed by atoms with Crippen LogP contribution in [-0.4, -0.2) is 11.6 Å². The first kappa shape index (κ1) is 13.7. The van der Waals surface area contributed by atoms with E-state index in [4.69, 9.17) is 4.74 Å². The predicted molar refractivity (Wildman–Crippen MR) is 63.6 cm³/mol. The van der Waals surface area contributed by atoms with Crippen LogP contribution < -0.4 is 0 Å². The molecule has 0 rings (SSSR count). The Morgan fingerprint density at radius 1 is 1.33 bits per heavy atom. The molecule has 0 bridgehead atoms. The summed E-state index contributed by atoms with van der Waals surface area (Å²) in [5.74, 6) is -0.347. The quantitative estimate of drug-likeness (QED) is 0.364. The van der Waals surface area contributed by atoms with Crippen LogP contribution in [-0.2, 0) is 9.53 Å². The van der Waals surface area contributed by atoms with Crippen LogP contribution >= 0.6 is 0 Å². The molecule has 15 heavy (non-hydrogen) atoms. The average molecular weight is 208 g/mol. The zero-order valence-electron chi connectivity index (χ0n) is 9.71. The molecule has 84 valence electrons. The Kier molecular flexibility index (Phi) is 5.68. The van der Waals surface area contributed by atoms with Crippen molar-refractivity contribution >= 4 is 5.97 Å². The van der Waals surface area contributed by atoms with E-state index in [1.807, 2.05) is 6.92 Å². The summed E-state index contributed by atoms with van der Waals surface area (Å²) in [6, 6.07) is 0. The van der Waals surface area contributed by atoms with Gasteiger partial charge in [-0.3, -0.25) is 0 Å². The van der Waals surface area contributed by atoms with Gasteiger partial charge in [-0.25, -0.2) is 4.79 Å². The van der Waals surface area contributed by atoms with Crippen molar-refractivity contribution in [2.75, 3.05) is 0 Å². The van der Waals surface area contributed by atoms with Crippen molar-refractivity contribution in [1.82, 2.24) is 0 Å². The van der Waals surface area contributed by atoms with Crippen LogP contribution in [0, 0.1) is 0 Å². The number of carbonyl (C=O) groups excluding carboxylic acids is 1. The summed E-state index contributed by atoms with van der Waals surface area (Å²) in [4.78, 5) is 11.5. The topological polar surface area (TPSA) is 26.3 Å². The van der Waals surface area contributed by atoms with Crippen molar-refractivity contribution < 1.29 is 9.53 Å². The third-order valence-corrected chi connectivity index (χ3v) is 2.33. The Labute approximate surface area is 92.3 Å². The summed E-state index contributed by atoms with van der Waals surface area (Å²) in [6.07, 6.45) is 5.53. The van der Waals surface area contributed by atoms with Gasteiger partial charge >= 0.3 is 5.97 Å². The number of rotatable bonds is 7. The highest BCUT2D eigenvalue weighted by Gasteiger charge is 2.29. The first-order chi connectivity index (χ1) is 7.01. The summed E-state index contributed by atoms with van der Waals surface area (Å²) in [7, 11) is 0. The lowest BCUT2D eigenvalue weighted by molar-refractivity contribution is -0.154. The summed E-state index contributed by atoms with van der Waals surface area (Å²) >= 11 is 0. The molecule has 0 heterocycles. The van der Waals surface area contributed by atoms with Crippen molar-refractivity contribution in [1.29, 1.82) is 0 Å². The smallest absolute Gasteiger partial charge is 0.333 e. The summed E-state index contributed by atoms with van der Waals surface area (Å²) in [5.41, 5.74) is -0.0829. The van der Waals surface area contributed by atoms with Gasteiger partial charge in [-0.15, -0.1) is 13.2 Å². The SMILES string of the molecule is C=CCC(CC)(CC=C)OC(=O)C(=C)C. The van der Waals surface area contributed by atoms with Gasteiger partial charge in [0.05, 0.1) is 0 Å². The molecule has 0 fully saturated rings. The van der Waals surface area contributed by atoms with E-state index in [9.17, 15) is 4.79 Å². The van der Waals surface area contributed by atoms with Crippen molar-refractivity contribution in [3.8, 4) is 0 Å². The third kappa shape index (κ3) is 4.15. The Morgan fingerprint density at radius 2 is 1.80 bits per heavy atom. The Morgan fingerprint density at radius 3 is 2.07 bits per heavy atom. The van der Waals surface area contributed by atoms with Crippen molar-refractivity contribution in [3.05, 3.63) is 37.5 Å². The summed E-state index contributed by atoms with van der Waals surface area (Å²) in [6.45, 7) is 14.6. The van der Waals surface area contributed by atoms with Gasteiger partial charge in [-0.2, -0.15) is 0 Å². The molecule has 0 saturated heterocycles. The minimum absolute atomic E-state index is 0.347. The first-order valence-electron chi connectivity index (χ1n) is 5.12. The lowest BCUT2D eigenvalue weighted by Gasteiger charge is -2.30. The van der Waals surface area contributed by atoms with Gasteiger partial charge in [0.25, 0.3) is 0 Å². The maximum Gasteiger partial charge on any atom is 0.333 e. The van der Waals surface area contributed by atoms with E-state index < -0.39 is 5.60 Å². The molecule has 0 aromatic heterocycles. The highest BCUT2D eigenvalue weighted by atomic mass is 16.6. The van der Waals surface area contributed by atoms with Gasteiger partial charge in [0, 0.05) is 18.4 Å². The zero-order chi connectivity index (χ0) is 11.9. The normalized spacial score (nSPS) is 10.5. The third-order valence-electron chi connectivity index (χ3n) is 2.33. The molecule has 2 heteroatoms. The predicted octanol–water partition coefficient (Wildman–Crippen LogP) is 3.41. The second-order valence-corrected chi connectivity index (χ2v) is 3.69. The van der Waals surface area contributed by atoms with Gasteiger partial charge in [0.2, 0.25) is 0 Å². The van der Waals surface area contributed by atoms with E-state index in [1.54, 1.807) is 19.1 Å². The molecular formula is C13H20O2. The van der Waals surface area contributed by atoms with Crippen molar-refractivity contribution in [2.24, 2.45) is 0 Å². The summed E-state index contributed by atoms with van der Waals surface area (Å²) in [5, 5.41) is 0. The molecule has 0 amide bonds. The second kappa shape index (κ2) is 6.23. The molecule has 0 aliphatic rings. The van der Waals surface area contributed by atoms with Crippen LogP contribution in [0.15, 0.2) is 37.5 Å². The molecule has 2 nitrogen and oxygen atoms in total. The molecule has 0 aromatic carbocycles. The second-order valence-electron chi connectivity index (χ2n) is 3.69. The minimum atomic E-state index is -0.500. The van der Waals surface area contributed by atoms with Crippen molar-refractivity contribution in [2.45, 2.75) is 38.7 Å². The van der Waals surface area contributed by atoms with Crippen LogP contribution in [0.1, 0.15) is 33.1 Å². The number of hydrogen-bond acceptors (Lipinski definition) is 2. The van der Waals surface area contributed by atoms with E-state index >= 15 is 0 Å². The van der Waals surface area contributed by atoms with Gasteiger partial charge in [0.1, 0.15) is 5.60 Å². The van der Waals surface area contributed by atoms with Crippen LogP contribution in [0.3, 0.4) is 0 Å². The summed E-state index contributed by atoms with van der Waals surface area (Å²) < 4.78 is 5.45. The Bertz CT molecular complexity index is 254. The van der Waals surface area contributed by atoms with Gasteiger partial charge < -0.3 is 4.74 Å². The molecule has 0 unspecified atom stereocenters. The monoisotopic (exact) mass is 208 g/mol. The highest BCUT2D eigenvalue weighted by Crippen LogP contribution is 2.27. The van der Waals surface area contributed by atoms with E-state index in [1.165, 1.54) is 0 Å². The van der Waals surface area contributed by atoms with Crippen LogP contribution in [0.2, 0.25) is 0 Å². The fourth-order valence-electron chi connectivity index (χ4n) is 1.34. The lowest BCUT2D eigenvalue weighted by atomic mass is 9.92.